The lowest BCUT2D eigenvalue weighted by Gasteiger charge is -2.14. The number of amides is 2. The van der Waals surface area contributed by atoms with Crippen LogP contribution in [0.2, 0.25) is 0 Å². The highest BCUT2D eigenvalue weighted by Crippen LogP contribution is 2.23. The zero-order chi connectivity index (χ0) is 20.8. The van der Waals surface area contributed by atoms with Crippen molar-refractivity contribution in [3.8, 4) is 0 Å². The van der Waals surface area contributed by atoms with Crippen LogP contribution in [-0.4, -0.2) is 23.3 Å². The molecule has 2 N–H and O–H groups in total. The molecule has 0 aliphatic heterocycles. The number of nitrogens with zero attached hydrogens (tertiary/aromatic N) is 1. The molecule has 0 unspecified atom stereocenters. The van der Waals surface area contributed by atoms with Gasteiger partial charge in [0.2, 0.25) is 0 Å². The lowest BCUT2D eigenvalue weighted by Crippen LogP contribution is -2.25. The SMILES string of the molecule is Cc1cc(C)c(NC(=O)c2cncc(C(=O)NCCC3=CCCCC3)c2)c(C)c1. The second-order valence-corrected chi connectivity index (χ2v) is 7.80. The number of carbonyl (C=O) groups is 2. The highest BCUT2D eigenvalue weighted by atomic mass is 16.2. The van der Waals surface area contributed by atoms with Gasteiger partial charge in [0.1, 0.15) is 0 Å². The van der Waals surface area contributed by atoms with Gasteiger partial charge in [0.15, 0.2) is 0 Å². The number of carbonyl (C=O) groups excluding carboxylic acids is 2. The third-order valence-corrected chi connectivity index (χ3v) is 5.29. The van der Waals surface area contributed by atoms with E-state index in [1.54, 1.807) is 6.07 Å². The van der Waals surface area contributed by atoms with Crippen molar-refractivity contribution in [3.63, 3.8) is 0 Å². The summed E-state index contributed by atoms with van der Waals surface area (Å²) < 4.78 is 0. The maximum absolute atomic E-state index is 12.7. The Hall–Kier alpha value is -2.95. The Labute approximate surface area is 172 Å². The summed E-state index contributed by atoms with van der Waals surface area (Å²) in [5, 5.41) is 5.89. The van der Waals surface area contributed by atoms with Crippen LogP contribution in [-0.2, 0) is 0 Å². The molecule has 1 aromatic carbocycles. The first-order valence-electron chi connectivity index (χ1n) is 10.2. The largest absolute Gasteiger partial charge is 0.352 e. The molecule has 1 aliphatic carbocycles. The molecule has 0 saturated carbocycles. The molecule has 2 aromatic rings. The van der Waals surface area contributed by atoms with Gasteiger partial charge in [-0.2, -0.15) is 0 Å². The first kappa shape index (κ1) is 20.8. The normalized spacial score (nSPS) is 13.6. The Kier molecular flexibility index (Phi) is 6.81. The summed E-state index contributed by atoms with van der Waals surface area (Å²) in [5.41, 5.74) is 6.16. The molecule has 29 heavy (non-hydrogen) atoms. The van der Waals surface area contributed by atoms with Crippen LogP contribution >= 0.6 is 0 Å². The van der Waals surface area contributed by atoms with E-state index in [0.29, 0.717) is 17.7 Å². The third kappa shape index (κ3) is 5.53. The van der Waals surface area contributed by atoms with Gasteiger partial charge in [-0.1, -0.05) is 29.3 Å². The van der Waals surface area contributed by atoms with E-state index in [1.165, 1.54) is 30.8 Å². The summed E-state index contributed by atoms with van der Waals surface area (Å²) >= 11 is 0. The van der Waals surface area contributed by atoms with E-state index < -0.39 is 0 Å². The van der Waals surface area contributed by atoms with Gasteiger partial charge in [-0.05, 0) is 70.1 Å². The highest BCUT2D eigenvalue weighted by Gasteiger charge is 2.14. The summed E-state index contributed by atoms with van der Waals surface area (Å²) in [5.74, 6) is -0.471. The molecule has 0 atom stereocenters. The Morgan fingerprint density at radius 1 is 0.966 bits per heavy atom. The predicted molar refractivity (Wildman–Crippen MR) is 116 cm³/mol. The molecule has 0 bridgehead atoms. The first-order chi connectivity index (χ1) is 13.9. The van der Waals surface area contributed by atoms with Gasteiger partial charge in [-0.15, -0.1) is 0 Å². The van der Waals surface area contributed by atoms with E-state index in [1.807, 2.05) is 32.9 Å². The third-order valence-electron chi connectivity index (χ3n) is 5.29. The molecular formula is C24H29N3O2. The molecule has 1 heterocycles. The van der Waals surface area contributed by atoms with Gasteiger partial charge in [-0.3, -0.25) is 14.6 Å². The molecule has 0 fully saturated rings. The molecule has 0 radical (unpaired) electrons. The summed E-state index contributed by atoms with van der Waals surface area (Å²) in [7, 11) is 0. The van der Waals surface area contributed by atoms with Crippen LogP contribution < -0.4 is 10.6 Å². The number of rotatable bonds is 6. The molecule has 3 rings (SSSR count). The molecule has 2 amide bonds. The number of nitrogens with one attached hydrogen (secondary N) is 2. The lowest BCUT2D eigenvalue weighted by atomic mass is 9.97. The Bertz CT molecular complexity index is 924. The van der Waals surface area contributed by atoms with E-state index >= 15 is 0 Å². The molecule has 5 nitrogen and oxygen atoms in total. The Balaban J connectivity index is 1.63. The van der Waals surface area contributed by atoms with E-state index in [-0.39, 0.29) is 11.8 Å². The smallest absolute Gasteiger partial charge is 0.257 e. The Morgan fingerprint density at radius 2 is 1.66 bits per heavy atom. The maximum Gasteiger partial charge on any atom is 0.257 e. The van der Waals surface area contributed by atoms with Crippen LogP contribution in [0.3, 0.4) is 0 Å². The number of allylic oxidation sites excluding steroid dienone is 1. The maximum atomic E-state index is 12.7. The van der Waals surface area contributed by atoms with E-state index in [2.05, 4.69) is 21.7 Å². The van der Waals surface area contributed by atoms with E-state index in [4.69, 9.17) is 0 Å². The number of anilines is 1. The van der Waals surface area contributed by atoms with E-state index in [0.717, 1.165) is 41.6 Å². The van der Waals surface area contributed by atoms with Gasteiger partial charge >= 0.3 is 0 Å². The second-order valence-electron chi connectivity index (χ2n) is 7.80. The van der Waals surface area contributed by atoms with Crippen molar-refractivity contribution in [2.45, 2.75) is 52.9 Å². The van der Waals surface area contributed by atoms with E-state index in [9.17, 15) is 9.59 Å². The van der Waals surface area contributed by atoms with Crippen molar-refractivity contribution in [1.82, 2.24) is 10.3 Å². The standard InChI is InChI=1S/C24H29N3O2/c1-16-11-17(2)22(18(3)12-16)27-24(29)21-13-20(14-25-15-21)23(28)26-10-9-19-7-5-4-6-8-19/h7,11-15H,4-6,8-10H2,1-3H3,(H,26,28)(H,27,29). The zero-order valence-electron chi connectivity index (χ0n) is 17.5. The monoisotopic (exact) mass is 391 g/mol. The van der Waals surface area contributed by atoms with Crippen LogP contribution in [0.5, 0.6) is 0 Å². The van der Waals surface area contributed by atoms with Crippen LogP contribution in [0.15, 0.2) is 42.2 Å². The van der Waals surface area contributed by atoms with Crippen molar-refractivity contribution in [2.24, 2.45) is 0 Å². The number of pyridine rings is 1. The second kappa shape index (κ2) is 9.50. The molecule has 1 aliphatic rings. The van der Waals surface area contributed by atoms with Crippen LogP contribution in [0.4, 0.5) is 5.69 Å². The number of aryl methyl sites for hydroxylation is 3. The van der Waals surface area contributed by atoms with Crippen molar-refractivity contribution in [2.75, 3.05) is 11.9 Å². The average molecular weight is 392 g/mol. The van der Waals surface area contributed by atoms with Crippen molar-refractivity contribution < 1.29 is 9.59 Å². The van der Waals surface area contributed by atoms with Crippen LogP contribution in [0, 0.1) is 20.8 Å². The lowest BCUT2D eigenvalue weighted by molar-refractivity contribution is 0.0953. The molecule has 1 aromatic heterocycles. The molecule has 0 spiro atoms. The van der Waals surface area contributed by atoms with Crippen molar-refractivity contribution >= 4 is 17.5 Å². The summed E-state index contributed by atoms with van der Waals surface area (Å²) in [4.78, 5) is 29.3. The molecule has 0 saturated heterocycles. The molecular weight excluding hydrogens is 362 g/mol. The predicted octanol–water partition coefficient (Wildman–Crippen LogP) is 4.88. The fourth-order valence-electron chi connectivity index (χ4n) is 3.82. The summed E-state index contributed by atoms with van der Waals surface area (Å²) in [6.45, 7) is 6.57. The summed E-state index contributed by atoms with van der Waals surface area (Å²) in [6, 6.07) is 5.66. The van der Waals surface area contributed by atoms with Crippen LogP contribution in [0.25, 0.3) is 0 Å². The minimum atomic E-state index is -0.269. The van der Waals surface area contributed by atoms with Gasteiger partial charge in [0, 0.05) is 24.6 Å². The van der Waals surface area contributed by atoms with Gasteiger partial charge < -0.3 is 10.6 Å². The highest BCUT2D eigenvalue weighted by molar-refractivity contribution is 6.06. The number of aromatic nitrogens is 1. The first-order valence-corrected chi connectivity index (χ1v) is 10.2. The van der Waals surface area contributed by atoms with Crippen molar-refractivity contribution in [3.05, 3.63) is 70.1 Å². The zero-order valence-corrected chi connectivity index (χ0v) is 17.5. The van der Waals surface area contributed by atoms with Gasteiger partial charge in [0.05, 0.1) is 11.1 Å². The summed E-state index contributed by atoms with van der Waals surface area (Å²) in [6.07, 6.45) is 10.9. The number of hydrogen-bond acceptors (Lipinski definition) is 3. The van der Waals surface area contributed by atoms with Crippen LogP contribution in [0.1, 0.15) is 69.5 Å². The van der Waals surface area contributed by atoms with Crippen molar-refractivity contribution in [1.29, 1.82) is 0 Å². The fourth-order valence-corrected chi connectivity index (χ4v) is 3.82. The minimum absolute atomic E-state index is 0.203. The minimum Gasteiger partial charge on any atom is -0.352 e. The topological polar surface area (TPSA) is 71.1 Å². The van der Waals surface area contributed by atoms with Gasteiger partial charge in [-0.25, -0.2) is 0 Å². The van der Waals surface area contributed by atoms with Gasteiger partial charge in [0.25, 0.3) is 11.8 Å². The number of hydrogen-bond donors (Lipinski definition) is 2. The Morgan fingerprint density at radius 3 is 2.31 bits per heavy atom. The molecule has 152 valence electrons. The molecule has 5 heteroatoms. The number of benzene rings is 1. The average Bonchev–Trinajstić information content (AvgIpc) is 2.71. The quantitative estimate of drug-likeness (QED) is 0.690. The fraction of sp³-hybridized carbons (Fsp3) is 0.375.